The van der Waals surface area contributed by atoms with E-state index in [0.29, 0.717) is 24.1 Å². The molecule has 3 N–H and O–H groups in total. The number of rotatable bonds is 6. The second kappa shape index (κ2) is 7.63. The van der Waals surface area contributed by atoms with Gasteiger partial charge in [-0.1, -0.05) is 12.1 Å². The highest BCUT2D eigenvalue weighted by Gasteiger charge is 2.29. The predicted octanol–water partition coefficient (Wildman–Crippen LogP) is 2.49. The molecule has 1 aromatic carbocycles. The predicted molar refractivity (Wildman–Crippen MR) is 76.5 cm³/mol. The Balaban J connectivity index is 2.60. The molecule has 0 atom stereocenters. The minimum Gasteiger partial charge on any atom is -0.370 e. The Morgan fingerprint density at radius 1 is 1.23 bits per heavy atom. The van der Waals surface area contributed by atoms with Gasteiger partial charge in [0.05, 0.1) is 5.56 Å². The van der Waals surface area contributed by atoms with Crippen LogP contribution < -0.4 is 11.1 Å². The molecule has 4 nitrogen and oxygen atoms in total. The molecule has 1 rings (SSSR count). The summed E-state index contributed by atoms with van der Waals surface area (Å²) in [4.78, 5) is 22.1. The number of carbonyl (C=O) groups is 2. The van der Waals surface area contributed by atoms with Crippen molar-refractivity contribution in [2.24, 2.45) is 5.73 Å². The van der Waals surface area contributed by atoms with Gasteiger partial charge in [-0.25, -0.2) is 0 Å². The number of nitrogens with one attached hydrogen (secondary N) is 1. The number of amides is 2. The Bertz CT molecular complexity index is 563. The number of halogens is 3. The minimum absolute atomic E-state index is 0.182. The maximum Gasteiger partial charge on any atom is 0.416 e. The van der Waals surface area contributed by atoms with Crippen LogP contribution >= 0.6 is 0 Å². The van der Waals surface area contributed by atoms with Crippen molar-refractivity contribution < 1.29 is 22.8 Å². The molecular weight excluding hydrogens is 297 g/mol. The third kappa shape index (κ3) is 5.99. The van der Waals surface area contributed by atoms with Crippen LogP contribution in [0.4, 0.5) is 13.2 Å². The van der Waals surface area contributed by atoms with Crippen LogP contribution in [0.5, 0.6) is 0 Å². The first kappa shape index (κ1) is 17.7. The summed E-state index contributed by atoms with van der Waals surface area (Å²) in [6, 6.07) is 4.57. The normalized spacial score (nSPS) is 12.1. The summed E-state index contributed by atoms with van der Waals surface area (Å²) in [5.41, 5.74) is 5.30. The van der Waals surface area contributed by atoms with E-state index in [0.717, 1.165) is 12.1 Å². The highest BCUT2D eigenvalue weighted by Crippen LogP contribution is 2.29. The maximum atomic E-state index is 12.4. The lowest BCUT2D eigenvalue weighted by atomic mass is 10.0. The van der Waals surface area contributed by atoms with Gasteiger partial charge in [0.2, 0.25) is 11.8 Å². The van der Waals surface area contributed by atoms with Crippen LogP contribution in [0.15, 0.2) is 30.3 Å². The molecule has 0 unspecified atom stereocenters. The second-order valence-electron chi connectivity index (χ2n) is 4.76. The van der Waals surface area contributed by atoms with Gasteiger partial charge in [0.1, 0.15) is 0 Å². The molecule has 1 aromatic rings. The van der Waals surface area contributed by atoms with Gasteiger partial charge in [-0.05, 0) is 36.6 Å². The molecule has 0 saturated carbocycles. The summed E-state index contributed by atoms with van der Waals surface area (Å²) >= 11 is 0. The van der Waals surface area contributed by atoms with Crippen LogP contribution in [-0.2, 0) is 15.8 Å². The number of hydrogen-bond acceptors (Lipinski definition) is 2. The molecule has 0 aromatic heterocycles. The van der Waals surface area contributed by atoms with E-state index < -0.39 is 17.6 Å². The molecule has 0 spiro atoms. The van der Waals surface area contributed by atoms with E-state index >= 15 is 0 Å². The lowest BCUT2D eigenvalue weighted by Crippen LogP contribution is -2.23. The lowest BCUT2D eigenvalue weighted by molar-refractivity contribution is -0.137. The van der Waals surface area contributed by atoms with Gasteiger partial charge in [-0.3, -0.25) is 9.59 Å². The average Bonchev–Trinajstić information content (AvgIpc) is 2.42. The van der Waals surface area contributed by atoms with Gasteiger partial charge >= 0.3 is 6.18 Å². The monoisotopic (exact) mass is 314 g/mol. The number of carbonyl (C=O) groups excluding carboxylic acids is 2. The zero-order valence-electron chi connectivity index (χ0n) is 12.0. The smallest absolute Gasteiger partial charge is 0.370 e. The Labute approximate surface area is 126 Å². The number of nitrogens with two attached hydrogens (primary N) is 1. The Kier molecular flexibility index (Phi) is 6.15. The van der Waals surface area contributed by atoms with E-state index in [1.165, 1.54) is 18.2 Å². The van der Waals surface area contributed by atoms with Crippen LogP contribution in [0.2, 0.25) is 0 Å². The third-order valence-corrected chi connectivity index (χ3v) is 2.91. The quantitative estimate of drug-likeness (QED) is 0.625. The molecular formula is C15H17F3N2O2. The topological polar surface area (TPSA) is 72.2 Å². The first-order valence-electron chi connectivity index (χ1n) is 6.62. The molecule has 0 saturated heterocycles. The third-order valence-electron chi connectivity index (χ3n) is 2.91. The molecule has 7 heteroatoms. The Morgan fingerprint density at radius 3 is 2.32 bits per heavy atom. The highest BCUT2D eigenvalue weighted by atomic mass is 19.4. The van der Waals surface area contributed by atoms with Gasteiger partial charge in [0.25, 0.3) is 0 Å². The SMILES string of the molecule is C/C(=C\C(=O)NCCCC(N)=O)c1ccc(C(F)(F)F)cc1. The van der Waals surface area contributed by atoms with Crippen LogP contribution in [0.3, 0.4) is 0 Å². The summed E-state index contributed by atoms with van der Waals surface area (Å²) in [5.74, 6) is -0.812. The largest absolute Gasteiger partial charge is 0.416 e. The number of benzene rings is 1. The van der Waals surface area contributed by atoms with Crippen molar-refractivity contribution in [3.05, 3.63) is 41.5 Å². The Hall–Kier alpha value is -2.31. The average molecular weight is 314 g/mol. The molecule has 22 heavy (non-hydrogen) atoms. The maximum absolute atomic E-state index is 12.4. The van der Waals surface area contributed by atoms with Crippen LogP contribution in [0.1, 0.15) is 30.9 Å². The van der Waals surface area contributed by atoms with E-state index in [1.807, 2.05) is 0 Å². The lowest BCUT2D eigenvalue weighted by Gasteiger charge is -2.08. The molecule has 0 heterocycles. The van der Waals surface area contributed by atoms with Crippen molar-refractivity contribution in [1.29, 1.82) is 0 Å². The van der Waals surface area contributed by atoms with Gasteiger partial charge in [-0.15, -0.1) is 0 Å². The summed E-state index contributed by atoms with van der Waals surface area (Å²) in [7, 11) is 0. The van der Waals surface area contributed by atoms with E-state index in [2.05, 4.69) is 5.32 Å². The van der Waals surface area contributed by atoms with Crippen molar-refractivity contribution in [3.63, 3.8) is 0 Å². The number of primary amides is 1. The fraction of sp³-hybridized carbons (Fsp3) is 0.333. The number of hydrogen-bond donors (Lipinski definition) is 2. The fourth-order valence-electron chi connectivity index (χ4n) is 1.73. The van der Waals surface area contributed by atoms with E-state index in [9.17, 15) is 22.8 Å². The summed E-state index contributed by atoms with van der Waals surface area (Å²) < 4.78 is 37.3. The number of alkyl halides is 3. The van der Waals surface area contributed by atoms with Crippen LogP contribution in [0.25, 0.3) is 5.57 Å². The van der Waals surface area contributed by atoms with Crippen molar-refractivity contribution in [1.82, 2.24) is 5.32 Å². The Morgan fingerprint density at radius 2 is 1.82 bits per heavy atom. The zero-order valence-corrected chi connectivity index (χ0v) is 12.0. The van der Waals surface area contributed by atoms with Crippen molar-refractivity contribution in [2.75, 3.05) is 6.54 Å². The summed E-state index contributed by atoms with van der Waals surface area (Å²) in [6.45, 7) is 1.93. The highest BCUT2D eigenvalue weighted by molar-refractivity contribution is 5.94. The standard InChI is InChI=1S/C15H17F3N2O2/c1-10(9-14(22)20-8-2-3-13(19)21)11-4-6-12(7-5-11)15(16,17)18/h4-7,9H,2-3,8H2,1H3,(H2,19,21)(H,20,22)/b10-9+. The molecule has 120 valence electrons. The molecule has 0 bridgehead atoms. The van der Waals surface area contributed by atoms with Crippen molar-refractivity contribution >= 4 is 17.4 Å². The summed E-state index contributed by atoms with van der Waals surface area (Å²) in [6.07, 6.45) is -2.46. The van der Waals surface area contributed by atoms with Gasteiger partial charge in [0, 0.05) is 19.0 Å². The van der Waals surface area contributed by atoms with Crippen molar-refractivity contribution in [3.8, 4) is 0 Å². The van der Waals surface area contributed by atoms with Crippen LogP contribution in [-0.4, -0.2) is 18.4 Å². The minimum atomic E-state index is -4.38. The van der Waals surface area contributed by atoms with E-state index in [4.69, 9.17) is 5.73 Å². The number of allylic oxidation sites excluding steroid dienone is 1. The molecule has 0 radical (unpaired) electrons. The van der Waals surface area contributed by atoms with Gasteiger partial charge in [-0.2, -0.15) is 13.2 Å². The van der Waals surface area contributed by atoms with E-state index in [-0.39, 0.29) is 12.3 Å². The van der Waals surface area contributed by atoms with Gasteiger partial charge < -0.3 is 11.1 Å². The first-order valence-corrected chi connectivity index (χ1v) is 6.62. The second-order valence-corrected chi connectivity index (χ2v) is 4.76. The van der Waals surface area contributed by atoms with E-state index in [1.54, 1.807) is 6.92 Å². The summed E-state index contributed by atoms with van der Waals surface area (Å²) in [5, 5.41) is 2.57. The van der Waals surface area contributed by atoms with Crippen LogP contribution in [0, 0.1) is 0 Å². The first-order chi connectivity index (χ1) is 10.2. The van der Waals surface area contributed by atoms with Crippen molar-refractivity contribution in [2.45, 2.75) is 25.9 Å². The molecule has 0 fully saturated rings. The fourth-order valence-corrected chi connectivity index (χ4v) is 1.73. The molecule has 0 aliphatic rings. The molecule has 2 amide bonds. The molecule has 0 aliphatic carbocycles. The van der Waals surface area contributed by atoms with Gasteiger partial charge in [0.15, 0.2) is 0 Å². The molecule has 0 aliphatic heterocycles. The zero-order chi connectivity index (χ0) is 16.8.